The number of nitro groups is 1. The molecule has 1 aromatic carbocycles. The number of aryl methyl sites for hydroxylation is 1. The first-order valence-electron chi connectivity index (χ1n) is 7.73. The highest BCUT2D eigenvalue weighted by molar-refractivity contribution is 5.99. The Hall–Kier alpha value is -3.56. The summed E-state index contributed by atoms with van der Waals surface area (Å²) in [5, 5.41) is 13.0. The normalized spacial score (nSPS) is 11.6. The van der Waals surface area contributed by atoms with Crippen LogP contribution >= 0.6 is 0 Å². The van der Waals surface area contributed by atoms with E-state index in [4.69, 9.17) is 4.74 Å². The molecule has 27 heavy (non-hydrogen) atoms. The molecule has 1 heterocycles. The number of anilines is 1. The predicted molar refractivity (Wildman–Crippen MR) is 92.0 cm³/mol. The van der Waals surface area contributed by atoms with E-state index in [2.05, 4.69) is 5.32 Å². The van der Waals surface area contributed by atoms with Gasteiger partial charge in [-0.3, -0.25) is 19.7 Å². The van der Waals surface area contributed by atoms with Crippen molar-refractivity contribution >= 4 is 29.0 Å². The number of nitrogens with one attached hydrogen (secondary N) is 1. The number of hydrogen-bond acceptors (Lipinski definition) is 6. The van der Waals surface area contributed by atoms with Crippen molar-refractivity contribution in [2.45, 2.75) is 20.0 Å². The number of hydrogen-bond donors (Lipinski definition) is 1. The molecule has 0 fully saturated rings. The number of amides is 1. The molecule has 9 nitrogen and oxygen atoms in total. The van der Waals surface area contributed by atoms with E-state index in [1.54, 1.807) is 7.05 Å². The third-order valence-corrected chi connectivity index (χ3v) is 3.68. The van der Waals surface area contributed by atoms with Crippen LogP contribution in [-0.4, -0.2) is 33.3 Å². The number of nitrogens with zero attached hydrogens (tertiary/aromatic N) is 2. The van der Waals surface area contributed by atoms with Gasteiger partial charge in [-0.2, -0.15) is 4.39 Å². The van der Waals surface area contributed by atoms with Gasteiger partial charge in [-0.05, 0) is 32.0 Å². The molecule has 0 spiro atoms. The molecule has 1 aromatic heterocycles. The first kappa shape index (κ1) is 19.8. The van der Waals surface area contributed by atoms with Crippen molar-refractivity contribution < 1.29 is 28.4 Å². The van der Waals surface area contributed by atoms with Crippen molar-refractivity contribution in [3.63, 3.8) is 0 Å². The zero-order valence-electron chi connectivity index (χ0n) is 14.7. The number of carbonyl (C=O) groups is 3. The fourth-order valence-electron chi connectivity index (χ4n) is 2.21. The lowest BCUT2D eigenvalue weighted by Gasteiger charge is -2.13. The fourth-order valence-corrected chi connectivity index (χ4v) is 2.21. The number of Topliss-reactive ketones (excluding diaryl/α,β-unsaturated/α-hetero) is 1. The van der Waals surface area contributed by atoms with Gasteiger partial charge >= 0.3 is 11.7 Å². The summed E-state index contributed by atoms with van der Waals surface area (Å²) in [7, 11) is 1.55. The topological polar surface area (TPSA) is 121 Å². The van der Waals surface area contributed by atoms with Crippen LogP contribution in [0.3, 0.4) is 0 Å². The summed E-state index contributed by atoms with van der Waals surface area (Å²) in [6.45, 7) is 2.66. The van der Waals surface area contributed by atoms with E-state index in [1.165, 1.54) is 30.7 Å². The van der Waals surface area contributed by atoms with Crippen LogP contribution in [0.15, 0.2) is 30.5 Å². The SMILES string of the molecule is CC(=O)c1cc(C(=O)O[C@@H](C)C(=O)Nc2ccc(F)c([N+](=O)[O-])c2)n(C)c1. The molecular weight excluding hydrogens is 361 g/mol. The summed E-state index contributed by atoms with van der Waals surface area (Å²) in [6.07, 6.45) is 0.221. The van der Waals surface area contributed by atoms with E-state index in [0.717, 1.165) is 18.2 Å². The van der Waals surface area contributed by atoms with Crippen molar-refractivity contribution in [3.05, 3.63) is 57.7 Å². The van der Waals surface area contributed by atoms with E-state index in [0.29, 0.717) is 5.56 Å². The lowest BCUT2D eigenvalue weighted by molar-refractivity contribution is -0.387. The van der Waals surface area contributed by atoms with E-state index >= 15 is 0 Å². The number of esters is 1. The van der Waals surface area contributed by atoms with E-state index in [1.807, 2.05) is 0 Å². The molecule has 0 aliphatic heterocycles. The minimum Gasteiger partial charge on any atom is -0.448 e. The molecule has 10 heteroatoms. The Morgan fingerprint density at radius 3 is 2.52 bits per heavy atom. The number of benzene rings is 1. The number of aromatic nitrogens is 1. The average Bonchev–Trinajstić information content (AvgIpc) is 2.98. The summed E-state index contributed by atoms with van der Waals surface area (Å²) in [4.78, 5) is 45.5. The molecular formula is C17H16FN3O6. The average molecular weight is 377 g/mol. The highest BCUT2D eigenvalue weighted by atomic mass is 19.1. The van der Waals surface area contributed by atoms with Gasteiger partial charge < -0.3 is 14.6 Å². The van der Waals surface area contributed by atoms with E-state index < -0.39 is 34.4 Å². The smallest absolute Gasteiger partial charge is 0.355 e. The van der Waals surface area contributed by atoms with Gasteiger partial charge in [0.05, 0.1) is 4.92 Å². The van der Waals surface area contributed by atoms with Crippen LogP contribution < -0.4 is 5.32 Å². The molecule has 1 atom stereocenters. The molecule has 0 radical (unpaired) electrons. The largest absolute Gasteiger partial charge is 0.448 e. The minimum atomic E-state index is -1.24. The van der Waals surface area contributed by atoms with Gasteiger partial charge in [0.25, 0.3) is 5.91 Å². The highest BCUT2D eigenvalue weighted by Gasteiger charge is 2.23. The maximum absolute atomic E-state index is 13.3. The van der Waals surface area contributed by atoms with Crippen molar-refractivity contribution in [2.24, 2.45) is 7.05 Å². The highest BCUT2D eigenvalue weighted by Crippen LogP contribution is 2.22. The van der Waals surface area contributed by atoms with Gasteiger partial charge in [-0.25, -0.2) is 4.79 Å². The molecule has 0 saturated heterocycles. The predicted octanol–water partition coefficient (Wildman–Crippen LogP) is 2.46. The molecule has 2 rings (SSSR count). The molecule has 0 unspecified atom stereocenters. The van der Waals surface area contributed by atoms with Crippen LogP contribution in [0, 0.1) is 15.9 Å². The first-order chi connectivity index (χ1) is 12.6. The first-order valence-corrected chi connectivity index (χ1v) is 7.73. The molecule has 0 bridgehead atoms. The summed E-state index contributed by atoms with van der Waals surface area (Å²) in [5.74, 6) is -2.85. The Kier molecular flexibility index (Phi) is 5.69. The third kappa shape index (κ3) is 4.54. The number of nitro benzene ring substituents is 1. The lowest BCUT2D eigenvalue weighted by atomic mass is 10.2. The second-order valence-corrected chi connectivity index (χ2v) is 5.74. The maximum atomic E-state index is 13.3. The monoisotopic (exact) mass is 377 g/mol. The Bertz CT molecular complexity index is 937. The second kappa shape index (κ2) is 7.77. The van der Waals surface area contributed by atoms with Gasteiger partial charge in [0.15, 0.2) is 11.9 Å². The number of carbonyl (C=O) groups excluding carboxylic acids is 3. The summed E-state index contributed by atoms with van der Waals surface area (Å²) in [6, 6.07) is 4.19. The summed E-state index contributed by atoms with van der Waals surface area (Å²) < 4.78 is 19.8. The molecule has 0 aliphatic carbocycles. The van der Waals surface area contributed by atoms with Crippen molar-refractivity contribution in [1.29, 1.82) is 0 Å². The zero-order valence-corrected chi connectivity index (χ0v) is 14.7. The molecule has 1 N–H and O–H groups in total. The lowest BCUT2D eigenvalue weighted by Crippen LogP contribution is -2.30. The molecule has 1 amide bonds. The second-order valence-electron chi connectivity index (χ2n) is 5.74. The van der Waals surface area contributed by atoms with Crippen LogP contribution in [0.25, 0.3) is 0 Å². The van der Waals surface area contributed by atoms with Crippen molar-refractivity contribution in [1.82, 2.24) is 4.57 Å². The van der Waals surface area contributed by atoms with E-state index in [-0.39, 0.29) is 17.2 Å². The Morgan fingerprint density at radius 2 is 1.96 bits per heavy atom. The van der Waals surface area contributed by atoms with Gasteiger partial charge in [0.1, 0.15) is 5.69 Å². The van der Waals surface area contributed by atoms with Crippen molar-refractivity contribution in [2.75, 3.05) is 5.32 Å². The Morgan fingerprint density at radius 1 is 1.30 bits per heavy atom. The molecule has 0 aliphatic rings. The quantitative estimate of drug-likeness (QED) is 0.357. The van der Waals surface area contributed by atoms with Crippen LogP contribution in [0.2, 0.25) is 0 Å². The zero-order chi connectivity index (χ0) is 20.3. The van der Waals surface area contributed by atoms with Gasteiger partial charge in [-0.15, -0.1) is 0 Å². The number of rotatable bonds is 6. The standard InChI is InChI=1S/C17H16FN3O6/c1-9(22)11-6-15(20(3)8-11)17(24)27-10(2)16(23)19-12-4-5-13(18)14(7-12)21(25)26/h4-8,10H,1-3H3,(H,19,23)/t10-/m0/s1. The van der Waals surface area contributed by atoms with Gasteiger partial charge in [0.2, 0.25) is 5.82 Å². The summed E-state index contributed by atoms with van der Waals surface area (Å²) >= 11 is 0. The summed E-state index contributed by atoms with van der Waals surface area (Å²) in [5.41, 5.74) is -0.413. The van der Waals surface area contributed by atoms with Crippen molar-refractivity contribution in [3.8, 4) is 0 Å². The third-order valence-electron chi connectivity index (χ3n) is 3.68. The number of halogens is 1. The molecule has 2 aromatic rings. The van der Waals surface area contributed by atoms with Crippen LogP contribution in [0.5, 0.6) is 0 Å². The van der Waals surface area contributed by atoms with Gasteiger partial charge in [0, 0.05) is 30.6 Å². The van der Waals surface area contributed by atoms with Crippen LogP contribution in [0.4, 0.5) is 15.8 Å². The molecule has 0 saturated carbocycles. The fraction of sp³-hybridized carbons (Fsp3) is 0.235. The number of ether oxygens (including phenoxy) is 1. The number of ketones is 1. The Balaban J connectivity index is 2.07. The minimum absolute atomic E-state index is 0.0197. The van der Waals surface area contributed by atoms with Crippen LogP contribution in [-0.2, 0) is 16.6 Å². The Labute approximate surface area is 152 Å². The van der Waals surface area contributed by atoms with E-state index in [9.17, 15) is 28.9 Å². The van der Waals surface area contributed by atoms with Gasteiger partial charge in [-0.1, -0.05) is 0 Å². The maximum Gasteiger partial charge on any atom is 0.355 e. The molecule has 142 valence electrons. The van der Waals surface area contributed by atoms with Crippen LogP contribution in [0.1, 0.15) is 34.7 Å².